The number of allylic oxidation sites excluding steroid dienone is 3. The largest absolute Gasteiger partial charge is 0.417 e. The standard InChI is InChI=1S/C29H31F3N6O2S/c1-4-5-22(29(30,31)32)18-34-20(3)37-10-8-21-16-23(6-7-24(21)37)38-19(2)25(17-26(38)39)35-11-13-36(14-12-35)28(40)27-33-9-15-41-27/h4-10,15-16,18-19,25H,11-14,17H2,1-3H3/b5-4-,22-18+,34-20?. The van der Waals surface area contributed by atoms with E-state index in [0.29, 0.717) is 43.4 Å². The molecule has 1 aromatic carbocycles. The number of aromatic nitrogens is 2. The number of carbonyl (C=O) groups excluding carboxylic acids is 2. The number of nitrogens with zero attached hydrogens (tertiary/aromatic N) is 6. The average molecular weight is 585 g/mol. The van der Waals surface area contributed by atoms with E-state index >= 15 is 0 Å². The highest BCUT2D eigenvalue weighted by atomic mass is 32.1. The maximum absolute atomic E-state index is 13.2. The minimum Gasteiger partial charge on any atom is -0.334 e. The summed E-state index contributed by atoms with van der Waals surface area (Å²) in [6.45, 7) is 7.77. The van der Waals surface area contributed by atoms with Crippen molar-refractivity contribution in [2.75, 3.05) is 31.1 Å². The molecule has 8 nitrogen and oxygen atoms in total. The first-order valence-corrected chi connectivity index (χ1v) is 14.3. The fourth-order valence-electron chi connectivity index (χ4n) is 5.56. The first kappa shape index (κ1) is 28.7. The molecule has 41 heavy (non-hydrogen) atoms. The van der Waals surface area contributed by atoms with E-state index < -0.39 is 11.7 Å². The molecule has 2 aliphatic rings. The monoisotopic (exact) mass is 584 g/mol. The van der Waals surface area contributed by atoms with Crippen LogP contribution >= 0.6 is 11.3 Å². The van der Waals surface area contributed by atoms with E-state index in [9.17, 15) is 22.8 Å². The normalized spacial score (nSPS) is 21.6. The summed E-state index contributed by atoms with van der Waals surface area (Å²) in [4.78, 5) is 40.0. The molecular formula is C29H31F3N6O2S. The van der Waals surface area contributed by atoms with Gasteiger partial charge < -0.3 is 14.4 Å². The van der Waals surface area contributed by atoms with Crippen LogP contribution < -0.4 is 4.90 Å². The number of hydrogen-bond donors (Lipinski definition) is 0. The zero-order valence-corrected chi connectivity index (χ0v) is 23.8. The molecule has 2 aliphatic heterocycles. The molecule has 3 aromatic rings. The van der Waals surface area contributed by atoms with Crippen LogP contribution in [0.15, 0.2) is 71.0 Å². The van der Waals surface area contributed by atoms with Crippen molar-refractivity contribution < 1.29 is 22.8 Å². The lowest BCUT2D eigenvalue weighted by Gasteiger charge is -2.39. The number of piperazine rings is 1. The van der Waals surface area contributed by atoms with Gasteiger partial charge in [0.15, 0.2) is 5.01 Å². The second-order valence-electron chi connectivity index (χ2n) is 10.1. The molecule has 4 heterocycles. The highest BCUT2D eigenvalue weighted by Gasteiger charge is 2.42. The Kier molecular flexibility index (Phi) is 8.14. The number of aliphatic imine (C=N–C) groups is 1. The molecule has 0 bridgehead atoms. The zero-order valence-electron chi connectivity index (χ0n) is 23.0. The van der Waals surface area contributed by atoms with Gasteiger partial charge in [-0.1, -0.05) is 12.2 Å². The van der Waals surface area contributed by atoms with E-state index in [1.165, 1.54) is 24.3 Å². The summed E-state index contributed by atoms with van der Waals surface area (Å²) in [6.07, 6.45) is 2.43. The number of alkyl halides is 3. The number of rotatable bonds is 5. The van der Waals surface area contributed by atoms with Crippen LogP contribution in [-0.4, -0.2) is 81.4 Å². The van der Waals surface area contributed by atoms with Gasteiger partial charge in [-0.3, -0.25) is 14.5 Å². The van der Waals surface area contributed by atoms with Crippen LogP contribution in [0.1, 0.15) is 37.0 Å². The number of carbonyl (C=O) groups is 2. The first-order chi connectivity index (χ1) is 19.6. The maximum Gasteiger partial charge on any atom is 0.417 e. The predicted octanol–water partition coefficient (Wildman–Crippen LogP) is 5.34. The molecule has 2 aromatic heterocycles. The van der Waals surface area contributed by atoms with Crippen molar-refractivity contribution in [1.82, 2.24) is 19.4 Å². The summed E-state index contributed by atoms with van der Waals surface area (Å²) in [7, 11) is 0. The van der Waals surface area contributed by atoms with Gasteiger partial charge >= 0.3 is 6.18 Å². The summed E-state index contributed by atoms with van der Waals surface area (Å²) < 4.78 is 41.4. The van der Waals surface area contributed by atoms with Crippen molar-refractivity contribution in [3.63, 3.8) is 0 Å². The molecule has 0 N–H and O–H groups in total. The number of halogens is 3. The van der Waals surface area contributed by atoms with Crippen LogP contribution in [0.5, 0.6) is 0 Å². The zero-order chi connectivity index (χ0) is 29.3. The summed E-state index contributed by atoms with van der Waals surface area (Å²) in [5.41, 5.74) is 0.719. The molecule has 5 rings (SSSR count). The first-order valence-electron chi connectivity index (χ1n) is 13.4. The fourth-order valence-corrected chi connectivity index (χ4v) is 6.16. The number of hydrogen-bond acceptors (Lipinski definition) is 6. The number of benzene rings is 1. The Morgan fingerprint density at radius 3 is 2.59 bits per heavy atom. The molecule has 12 heteroatoms. The molecular weight excluding hydrogens is 553 g/mol. The summed E-state index contributed by atoms with van der Waals surface area (Å²) in [6, 6.07) is 7.48. The number of anilines is 1. The van der Waals surface area contributed by atoms with Crippen LogP contribution in [0.4, 0.5) is 18.9 Å². The van der Waals surface area contributed by atoms with Gasteiger partial charge in [-0.05, 0) is 45.0 Å². The van der Waals surface area contributed by atoms with Gasteiger partial charge in [0.25, 0.3) is 5.91 Å². The van der Waals surface area contributed by atoms with Crippen molar-refractivity contribution >= 4 is 45.6 Å². The highest BCUT2D eigenvalue weighted by molar-refractivity contribution is 7.11. The van der Waals surface area contributed by atoms with E-state index in [1.54, 1.807) is 29.3 Å². The summed E-state index contributed by atoms with van der Waals surface area (Å²) >= 11 is 1.34. The minimum atomic E-state index is -4.49. The lowest BCUT2D eigenvalue weighted by molar-refractivity contribution is -0.117. The third-order valence-corrected chi connectivity index (χ3v) is 8.43. The van der Waals surface area contributed by atoms with Crippen LogP contribution in [0.3, 0.4) is 0 Å². The van der Waals surface area contributed by atoms with Crippen LogP contribution in [-0.2, 0) is 4.79 Å². The fraction of sp³-hybridized carbons (Fsp3) is 0.379. The van der Waals surface area contributed by atoms with Crippen molar-refractivity contribution in [3.8, 4) is 0 Å². The molecule has 216 valence electrons. The van der Waals surface area contributed by atoms with Crippen molar-refractivity contribution in [2.24, 2.45) is 4.99 Å². The lowest BCUT2D eigenvalue weighted by atomic mass is 10.1. The number of thiazole rings is 1. The molecule has 2 amide bonds. The molecule has 2 atom stereocenters. The van der Waals surface area contributed by atoms with Crippen molar-refractivity contribution in [1.29, 1.82) is 0 Å². The van der Waals surface area contributed by atoms with Crippen LogP contribution in [0, 0.1) is 0 Å². The van der Waals surface area contributed by atoms with Gasteiger partial charge in [0.1, 0.15) is 5.84 Å². The van der Waals surface area contributed by atoms with E-state index in [4.69, 9.17) is 0 Å². The van der Waals surface area contributed by atoms with Crippen LogP contribution in [0.25, 0.3) is 10.9 Å². The van der Waals surface area contributed by atoms with E-state index in [-0.39, 0.29) is 23.9 Å². The Labute approximate surface area is 240 Å². The van der Waals surface area contributed by atoms with Gasteiger partial charge in [-0.25, -0.2) is 9.98 Å². The Morgan fingerprint density at radius 1 is 1.17 bits per heavy atom. The Morgan fingerprint density at radius 2 is 1.93 bits per heavy atom. The molecule has 0 aliphatic carbocycles. The number of fused-ring (bicyclic) bond motifs is 1. The maximum atomic E-state index is 13.2. The predicted molar refractivity (Wildman–Crippen MR) is 154 cm³/mol. The van der Waals surface area contributed by atoms with Crippen molar-refractivity contribution in [3.05, 3.63) is 71.0 Å². The molecule has 0 spiro atoms. The Balaban J connectivity index is 1.30. The molecule has 2 unspecified atom stereocenters. The van der Waals surface area contributed by atoms with E-state index in [2.05, 4.69) is 14.9 Å². The summed E-state index contributed by atoms with van der Waals surface area (Å²) in [5, 5.41) is 3.14. The Bertz CT molecular complexity index is 1520. The quantitative estimate of drug-likeness (QED) is 0.231. The lowest BCUT2D eigenvalue weighted by Crippen LogP contribution is -2.54. The molecule has 2 fully saturated rings. The van der Waals surface area contributed by atoms with Gasteiger partial charge in [-0.2, -0.15) is 13.2 Å². The van der Waals surface area contributed by atoms with Gasteiger partial charge in [-0.15, -0.1) is 11.3 Å². The smallest absolute Gasteiger partial charge is 0.334 e. The highest BCUT2D eigenvalue weighted by Crippen LogP contribution is 2.33. The SMILES string of the molecule is C/C=C\C(=C/N=C(C)n1ccc2cc(N3C(=O)CC(N4CCN(C(=O)c5nccs5)CC4)C3C)ccc21)C(F)(F)F. The molecule has 2 saturated heterocycles. The van der Waals surface area contributed by atoms with Crippen LogP contribution in [0.2, 0.25) is 0 Å². The third kappa shape index (κ3) is 5.84. The third-order valence-electron chi connectivity index (χ3n) is 7.67. The number of amides is 2. The topological polar surface area (TPSA) is 74.0 Å². The minimum absolute atomic E-state index is 0.0288. The molecule has 0 saturated carbocycles. The Hall–Kier alpha value is -3.77. The average Bonchev–Trinajstić information content (AvgIpc) is 3.69. The van der Waals surface area contributed by atoms with Crippen molar-refractivity contribution in [2.45, 2.75) is 45.5 Å². The second kappa shape index (κ2) is 11.6. The van der Waals surface area contributed by atoms with E-state index in [0.717, 1.165) is 28.9 Å². The van der Waals surface area contributed by atoms with Gasteiger partial charge in [0, 0.05) is 73.7 Å². The molecule has 0 radical (unpaired) electrons. The summed E-state index contributed by atoms with van der Waals surface area (Å²) in [5.74, 6) is 0.373. The van der Waals surface area contributed by atoms with Gasteiger partial charge in [0.2, 0.25) is 5.91 Å². The van der Waals surface area contributed by atoms with Gasteiger partial charge in [0.05, 0.1) is 17.1 Å². The van der Waals surface area contributed by atoms with E-state index in [1.807, 2.05) is 41.0 Å². The second-order valence-corrected chi connectivity index (χ2v) is 11.0.